The van der Waals surface area contributed by atoms with Crippen LogP contribution in [0.1, 0.15) is 69.7 Å². The van der Waals surface area contributed by atoms with Crippen molar-refractivity contribution in [2.24, 2.45) is 0 Å². The van der Waals surface area contributed by atoms with Gasteiger partial charge < -0.3 is 9.42 Å². The highest BCUT2D eigenvalue weighted by atomic mass is 16.5. The monoisotopic (exact) mass is 317 g/mol. The summed E-state index contributed by atoms with van der Waals surface area (Å²) in [6, 6.07) is 2.40. The van der Waals surface area contributed by atoms with E-state index >= 15 is 0 Å². The third-order valence-electron chi connectivity index (χ3n) is 5.81. The zero-order chi connectivity index (χ0) is 16.0. The molecule has 1 aromatic heterocycles. The van der Waals surface area contributed by atoms with E-state index in [0.717, 1.165) is 56.8 Å². The minimum Gasteiger partial charge on any atom is -0.361 e. The molecule has 1 atom stereocenters. The van der Waals surface area contributed by atoms with E-state index in [0.29, 0.717) is 11.8 Å². The molecule has 4 rings (SSSR count). The fraction of sp³-hybridized carbons (Fsp3) is 0.778. The number of amides is 1. The van der Waals surface area contributed by atoms with Crippen LogP contribution < -0.4 is 0 Å². The fourth-order valence-corrected chi connectivity index (χ4v) is 4.36. The number of piperidine rings is 1. The number of nitrogens with zero attached hydrogens (tertiary/aromatic N) is 3. The van der Waals surface area contributed by atoms with Crippen LogP contribution in [0.15, 0.2) is 10.6 Å². The van der Waals surface area contributed by atoms with Crippen LogP contribution in [-0.4, -0.2) is 45.5 Å². The molecule has 126 valence electrons. The van der Waals surface area contributed by atoms with E-state index in [2.05, 4.69) is 34.9 Å². The molecule has 5 nitrogen and oxygen atoms in total. The van der Waals surface area contributed by atoms with E-state index in [1.165, 1.54) is 12.8 Å². The van der Waals surface area contributed by atoms with Gasteiger partial charge in [-0.3, -0.25) is 9.69 Å². The molecule has 0 N–H and O–H groups in total. The standard InChI is InChI=1S/C18H27N3O2/c1-13(2)21-10-4-8-18(17(21)22)7-3-9-20(18)12-15-11-16(23-19-15)14-5-6-14/h11,13-14H,3-10,12H2,1-2H3. The first-order chi connectivity index (χ1) is 11.1. The summed E-state index contributed by atoms with van der Waals surface area (Å²) in [6.45, 7) is 6.88. The Morgan fingerprint density at radius 2 is 2.04 bits per heavy atom. The van der Waals surface area contributed by atoms with Crippen molar-refractivity contribution in [2.45, 2.75) is 76.4 Å². The van der Waals surface area contributed by atoms with Crippen molar-refractivity contribution in [1.82, 2.24) is 15.0 Å². The van der Waals surface area contributed by atoms with E-state index in [-0.39, 0.29) is 11.6 Å². The van der Waals surface area contributed by atoms with Gasteiger partial charge in [-0.25, -0.2) is 0 Å². The van der Waals surface area contributed by atoms with Gasteiger partial charge >= 0.3 is 0 Å². The van der Waals surface area contributed by atoms with Crippen LogP contribution in [0.25, 0.3) is 0 Å². The molecule has 23 heavy (non-hydrogen) atoms. The summed E-state index contributed by atoms with van der Waals surface area (Å²) < 4.78 is 5.49. The second-order valence-electron chi connectivity index (χ2n) is 7.75. The molecule has 5 heteroatoms. The van der Waals surface area contributed by atoms with Gasteiger partial charge in [0.2, 0.25) is 5.91 Å². The maximum absolute atomic E-state index is 13.2. The van der Waals surface area contributed by atoms with Gasteiger partial charge in [0.05, 0.1) is 5.69 Å². The molecule has 1 amide bonds. The fourth-order valence-electron chi connectivity index (χ4n) is 4.36. The molecule has 3 aliphatic rings. The second kappa shape index (κ2) is 5.62. The van der Waals surface area contributed by atoms with Gasteiger partial charge in [0.25, 0.3) is 0 Å². The average Bonchev–Trinajstić information content (AvgIpc) is 3.15. The Morgan fingerprint density at radius 1 is 1.30 bits per heavy atom. The topological polar surface area (TPSA) is 49.6 Å². The van der Waals surface area contributed by atoms with E-state index in [1.54, 1.807) is 0 Å². The lowest BCUT2D eigenvalue weighted by Gasteiger charge is -2.45. The summed E-state index contributed by atoms with van der Waals surface area (Å²) in [5, 5.41) is 4.26. The highest BCUT2D eigenvalue weighted by Gasteiger charge is 2.51. The largest absolute Gasteiger partial charge is 0.361 e. The van der Waals surface area contributed by atoms with Crippen LogP contribution in [0.4, 0.5) is 0 Å². The molecule has 2 saturated heterocycles. The predicted octanol–water partition coefficient (Wildman–Crippen LogP) is 2.92. The summed E-state index contributed by atoms with van der Waals surface area (Å²) in [7, 11) is 0. The maximum Gasteiger partial charge on any atom is 0.243 e. The maximum atomic E-state index is 13.2. The lowest BCUT2D eigenvalue weighted by molar-refractivity contribution is -0.149. The van der Waals surface area contributed by atoms with Crippen LogP contribution in [0.5, 0.6) is 0 Å². The van der Waals surface area contributed by atoms with E-state index < -0.39 is 0 Å². The van der Waals surface area contributed by atoms with Crippen LogP contribution in [0.3, 0.4) is 0 Å². The molecule has 1 aliphatic carbocycles. The smallest absolute Gasteiger partial charge is 0.243 e. The van der Waals surface area contributed by atoms with Crippen molar-refractivity contribution in [2.75, 3.05) is 13.1 Å². The number of aromatic nitrogens is 1. The van der Waals surface area contributed by atoms with Crippen LogP contribution in [0, 0.1) is 0 Å². The Morgan fingerprint density at radius 3 is 2.74 bits per heavy atom. The Bertz CT molecular complexity index is 593. The third-order valence-corrected chi connectivity index (χ3v) is 5.81. The lowest BCUT2D eigenvalue weighted by atomic mass is 9.84. The molecule has 0 bridgehead atoms. The molecule has 2 aliphatic heterocycles. The first-order valence-corrected chi connectivity index (χ1v) is 9.12. The van der Waals surface area contributed by atoms with Crippen molar-refractivity contribution >= 4 is 5.91 Å². The number of rotatable bonds is 4. The Labute approximate surface area is 138 Å². The first kappa shape index (κ1) is 15.2. The molecule has 0 aromatic carbocycles. The van der Waals surface area contributed by atoms with Crippen molar-refractivity contribution < 1.29 is 9.32 Å². The van der Waals surface area contributed by atoms with E-state index in [4.69, 9.17) is 4.52 Å². The number of carbonyl (C=O) groups is 1. The zero-order valence-corrected chi connectivity index (χ0v) is 14.3. The summed E-state index contributed by atoms with van der Waals surface area (Å²) in [5.74, 6) is 1.96. The summed E-state index contributed by atoms with van der Waals surface area (Å²) in [5.41, 5.74) is 0.698. The highest BCUT2D eigenvalue weighted by molar-refractivity contribution is 5.87. The SMILES string of the molecule is CC(C)N1CCCC2(CCCN2Cc2cc(C3CC3)on2)C1=O. The van der Waals surface area contributed by atoms with Crippen molar-refractivity contribution in [3.05, 3.63) is 17.5 Å². The molecule has 1 spiro atoms. The molecule has 1 saturated carbocycles. The normalized spacial score (nSPS) is 29.2. The summed E-state index contributed by atoms with van der Waals surface area (Å²) in [4.78, 5) is 17.6. The molecule has 0 radical (unpaired) electrons. The van der Waals surface area contributed by atoms with Gasteiger partial charge in [0.15, 0.2) is 0 Å². The Hall–Kier alpha value is -1.36. The molecular formula is C18H27N3O2. The van der Waals surface area contributed by atoms with Crippen molar-refractivity contribution in [3.8, 4) is 0 Å². The number of carbonyl (C=O) groups excluding carboxylic acids is 1. The highest BCUT2D eigenvalue weighted by Crippen LogP contribution is 2.42. The van der Waals surface area contributed by atoms with E-state index in [9.17, 15) is 4.79 Å². The molecule has 1 unspecified atom stereocenters. The van der Waals surface area contributed by atoms with Crippen LogP contribution >= 0.6 is 0 Å². The van der Waals surface area contributed by atoms with Gasteiger partial charge in [-0.15, -0.1) is 0 Å². The van der Waals surface area contributed by atoms with E-state index in [1.807, 2.05) is 0 Å². The van der Waals surface area contributed by atoms with Gasteiger partial charge in [-0.2, -0.15) is 0 Å². The summed E-state index contributed by atoms with van der Waals surface area (Å²) >= 11 is 0. The lowest BCUT2D eigenvalue weighted by Crippen LogP contribution is -2.61. The number of hydrogen-bond acceptors (Lipinski definition) is 4. The molecule has 1 aromatic rings. The van der Waals surface area contributed by atoms with Gasteiger partial charge in [-0.1, -0.05) is 5.16 Å². The number of likely N-dealkylation sites (tertiary alicyclic amines) is 2. The van der Waals surface area contributed by atoms with Crippen molar-refractivity contribution in [3.63, 3.8) is 0 Å². The minimum atomic E-state index is -0.290. The third kappa shape index (κ3) is 2.59. The Balaban J connectivity index is 1.53. The number of hydrogen-bond donors (Lipinski definition) is 0. The summed E-state index contributed by atoms with van der Waals surface area (Å²) in [6.07, 6.45) is 6.64. The second-order valence-corrected chi connectivity index (χ2v) is 7.75. The van der Waals surface area contributed by atoms with Crippen LogP contribution in [0.2, 0.25) is 0 Å². The average molecular weight is 317 g/mol. The molecule has 3 heterocycles. The zero-order valence-electron chi connectivity index (χ0n) is 14.3. The van der Waals surface area contributed by atoms with Gasteiger partial charge in [0, 0.05) is 31.1 Å². The van der Waals surface area contributed by atoms with Crippen LogP contribution in [-0.2, 0) is 11.3 Å². The Kier molecular flexibility index (Phi) is 3.71. The molecule has 3 fully saturated rings. The van der Waals surface area contributed by atoms with Crippen molar-refractivity contribution in [1.29, 1.82) is 0 Å². The van der Waals surface area contributed by atoms with Gasteiger partial charge in [-0.05, 0) is 58.9 Å². The quantitative estimate of drug-likeness (QED) is 0.857. The molecular weight excluding hydrogens is 290 g/mol. The first-order valence-electron chi connectivity index (χ1n) is 9.12. The van der Waals surface area contributed by atoms with Gasteiger partial charge in [0.1, 0.15) is 11.3 Å². The predicted molar refractivity (Wildman–Crippen MR) is 86.9 cm³/mol. The minimum absolute atomic E-state index is 0.288.